The Morgan fingerprint density at radius 2 is 1.75 bits per heavy atom. The first-order valence-corrected chi connectivity index (χ1v) is 11.3. The first kappa shape index (κ1) is 21.8. The number of nitrogens with zero attached hydrogens (tertiary/aromatic N) is 4. The highest BCUT2D eigenvalue weighted by molar-refractivity contribution is 8.00. The van der Waals surface area contributed by atoms with Crippen molar-refractivity contribution in [1.82, 2.24) is 19.7 Å². The van der Waals surface area contributed by atoms with Crippen LogP contribution in [0.25, 0.3) is 17.1 Å². The van der Waals surface area contributed by atoms with E-state index in [0.717, 1.165) is 22.5 Å². The van der Waals surface area contributed by atoms with Crippen LogP contribution in [0.15, 0.2) is 72.1 Å². The number of hydrogen-bond acceptors (Lipinski definition) is 5. The maximum Gasteiger partial charge on any atom is 0.237 e. The monoisotopic (exact) mass is 443 g/mol. The van der Waals surface area contributed by atoms with E-state index in [1.54, 1.807) is 12.4 Å². The van der Waals surface area contributed by atoms with Gasteiger partial charge in [0.1, 0.15) is 0 Å². The molecule has 1 amide bonds. The quantitative estimate of drug-likeness (QED) is 0.405. The number of carbonyl (C=O) groups excluding carboxylic acids is 1. The van der Waals surface area contributed by atoms with Gasteiger partial charge >= 0.3 is 0 Å². The maximum atomic E-state index is 12.9. The number of rotatable bonds is 6. The van der Waals surface area contributed by atoms with Gasteiger partial charge in [0.05, 0.1) is 10.9 Å². The van der Waals surface area contributed by atoms with E-state index in [1.807, 2.05) is 54.8 Å². The van der Waals surface area contributed by atoms with Gasteiger partial charge in [0.15, 0.2) is 11.0 Å². The van der Waals surface area contributed by atoms with Gasteiger partial charge in [0.25, 0.3) is 0 Å². The molecule has 0 radical (unpaired) electrons. The van der Waals surface area contributed by atoms with Crippen LogP contribution in [0.5, 0.6) is 0 Å². The summed E-state index contributed by atoms with van der Waals surface area (Å²) in [6, 6.07) is 17.8. The lowest BCUT2D eigenvalue weighted by atomic mass is 10.1. The van der Waals surface area contributed by atoms with Crippen molar-refractivity contribution in [2.45, 2.75) is 38.1 Å². The van der Waals surface area contributed by atoms with Gasteiger partial charge in [-0.05, 0) is 80.8 Å². The molecule has 0 fully saturated rings. The zero-order valence-corrected chi connectivity index (χ0v) is 19.4. The fourth-order valence-electron chi connectivity index (χ4n) is 3.31. The SMILES string of the molecule is Cc1cccc(NC(=O)C(C)Sc2nnc(-c3ccncc3)n2-c2ccc(C)c(C)c2)c1. The van der Waals surface area contributed by atoms with Crippen LogP contribution in [-0.4, -0.2) is 30.9 Å². The standard InChI is InChI=1S/C25H25N5OS/c1-16-6-5-7-21(14-16)27-24(31)19(4)32-25-29-28-23(20-10-12-26-13-11-20)30(25)22-9-8-17(2)18(3)15-22/h5-15,19H,1-4H3,(H,27,31). The highest BCUT2D eigenvalue weighted by atomic mass is 32.2. The third-order valence-electron chi connectivity index (χ3n) is 5.26. The fraction of sp³-hybridized carbons (Fsp3) is 0.200. The number of anilines is 1. The summed E-state index contributed by atoms with van der Waals surface area (Å²) in [5.74, 6) is 0.630. The first-order valence-electron chi connectivity index (χ1n) is 10.4. The molecular weight excluding hydrogens is 418 g/mol. The molecule has 2 aromatic heterocycles. The molecule has 4 aromatic rings. The van der Waals surface area contributed by atoms with Gasteiger partial charge in [-0.25, -0.2) is 0 Å². The van der Waals surface area contributed by atoms with Crippen molar-refractivity contribution in [3.63, 3.8) is 0 Å². The van der Waals surface area contributed by atoms with Gasteiger partial charge in [-0.1, -0.05) is 30.0 Å². The summed E-state index contributed by atoms with van der Waals surface area (Å²) in [7, 11) is 0. The van der Waals surface area contributed by atoms with E-state index < -0.39 is 0 Å². The molecule has 162 valence electrons. The van der Waals surface area contributed by atoms with E-state index in [1.165, 1.54) is 22.9 Å². The van der Waals surface area contributed by atoms with Crippen molar-refractivity contribution in [3.8, 4) is 17.1 Å². The van der Waals surface area contributed by atoms with E-state index >= 15 is 0 Å². The number of amides is 1. The van der Waals surface area contributed by atoms with E-state index in [2.05, 4.69) is 52.5 Å². The van der Waals surface area contributed by atoms with Gasteiger partial charge < -0.3 is 5.32 Å². The molecule has 2 heterocycles. The number of aromatic nitrogens is 4. The fourth-order valence-corrected chi connectivity index (χ4v) is 4.18. The molecule has 6 nitrogen and oxygen atoms in total. The van der Waals surface area contributed by atoms with Crippen molar-refractivity contribution in [2.75, 3.05) is 5.32 Å². The molecule has 4 rings (SSSR count). The largest absolute Gasteiger partial charge is 0.325 e. The van der Waals surface area contributed by atoms with Crippen LogP contribution in [0.1, 0.15) is 23.6 Å². The van der Waals surface area contributed by atoms with Crippen molar-refractivity contribution >= 4 is 23.4 Å². The summed E-state index contributed by atoms with van der Waals surface area (Å²) < 4.78 is 2.00. The van der Waals surface area contributed by atoms with Gasteiger partial charge in [-0.3, -0.25) is 14.3 Å². The minimum absolute atomic E-state index is 0.0827. The van der Waals surface area contributed by atoms with Crippen molar-refractivity contribution in [3.05, 3.63) is 83.7 Å². The van der Waals surface area contributed by atoms with Crippen LogP contribution in [0.4, 0.5) is 5.69 Å². The molecule has 0 aliphatic heterocycles. The summed E-state index contributed by atoms with van der Waals surface area (Å²) in [5, 5.41) is 12.2. The molecule has 1 unspecified atom stereocenters. The molecule has 0 saturated carbocycles. The van der Waals surface area contributed by atoms with Crippen LogP contribution in [-0.2, 0) is 4.79 Å². The molecule has 2 aromatic carbocycles. The number of nitrogens with one attached hydrogen (secondary N) is 1. The summed E-state index contributed by atoms with van der Waals surface area (Å²) in [4.78, 5) is 17.0. The Bertz CT molecular complexity index is 1250. The zero-order valence-electron chi connectivity index (χ0n) is 18.5. The lowest BCUT2D eigenvalue weighted by molar-refractivity contribution is -0.115. The molecule has 7 heteroatoms. The lowest BCUT2D eigenvalue weighted by Crippen LogP contribution is -2.23. The molecule has 32 heavy (non-hydrogen) atoms. The Balaban J connectivity index is 1.67. The Morgan fingerprint density at radius 3 is 2.47 bits per heavy atom. The molecule has 1 atom stereocenters. The molecule has 0 aliphatic carbocycles. The summed E-state index contributed by atoms with van der Waals surface area (Å²) in [5.41, 5.74) is 6.15. The van der Waals surface area contributed by atoms with Gasteiger partial charge in [-0.2, -0.15) is 0 Å². The summed E-state index contributed by atoms with van der Waals surface area (Å²) in [6.45, 7) is 8.05. The molecule has 0 saturated heterocycles. The third kappa shape index (κ3) is 4.73. The normalized spacial score (nSPS) is 11.9. The maximum absolute atomic E-state index is 12.9. The van der Waals surface area contributed by atoms with Crippen LogP contribution >= 0.6 is 11.8 Å². The molecule has 0 bridgehead atoms. The predicted octanol–water partition coefficient (Wildman–Crippen LogP) is 5.37. The second kappa shape index (κ2) is 9.36. The molecular formula is C25H25N5OS. The van der Waals surface area contributed by atoms with Gasteiger partial charge in [-0.15, -0.1) is 10.2 Å². The van der Waals surface area contributed by atoms with E-state index in [4.69, 9.17) is 0 Å². The topological polar surface area (TPSA) is 72.7 Å². The van der Waals surface area contributed by atoms with Crippen LogP contribution < -0.4 is 5.32 Å². The van der Waals surface area contributed by atoms with E-state index in [-0.39, 0.29) is 11.2 Å². The summed E-state index contributed by atoms with van der Waals surface area (Å²) in [6.07, 6.45) is 3.47. The second-order valence-corrected chi connectivity index (χ2v) is 9.07. The number of pyridine rings is 1. The number of carbonyl (C=O) groups is 1. The average Bonchev–Trinajstić information content (AvgIpc) is 3.19. The Kier molecular flexibility index (Phi) is 6.37. The highest BCUT2D eigenvalue weighted by Crippen LogP contribution is 2.31. The lowest BCUT2D eigenvalue weighted by Gasteiger charge is -2.15. The van der Waals surface area contributed by atoms with Gasteiger partial charge in [0.2, 0.25) is 5.91 Å². The van der Waals surface area contributed by atoms with E-state index in [0.29, 0.717) is 11.0 Å². The second-order valence-electron chi connectivity index (χ2n) is 7.76. The van der Waals surface area contributed by atoms with Crippen LogP contribution in [0.2, 0.25) is 0 Å². The predicted molar refractivity (Wildman–Crippen MR) is 129 cm³/mol. The van der Waals surface area contributed by atoms with Crippen molar-refractivity contribution < 1.29 is 4.79 Å². The minimum atomic E-state index is -0.365. The number of hydrogen-bond donors (Lipinski definition) is 1. The third-order valence-corrected chi connectivity index (χ3v) is 6.30. The first-order chi connectivity index (χ1) is 15.4. The van der Waals surface area contributed by atoms with Crippen LogP contribution in [0, 0.1) is 20.8 Å². The minimum Gasteiger partial charge on any atom is -0.325 e. The highest BCUT2D eigenvalue weighted by Gasteiger charge is 2.22. The van der Waals surface area contributed by atoms with Crippen LogP contribution in [0.3, 0.4) is 0 Å². The van der Waals surface area contributed by atoms with Crippen molar-refractivity contribution in [1.29, 1.82) is 0 Å². The Labute approximate surface area is 192 Å². The number of aryl methyl sites for hydroxylation is 3. The zero-order chi connectivity index (χ0) is 22.7. The van der Waals surface area contributed by atoms with Crippen molar-refractivity contribution in [2.24, 2.45) is 0 Å². The smallest absolute Gasteiger partial charge is 0.237 e. The van der Waals surface area contributed by atoms with Gasteiger partial charge in [0, 0.05) is 23.6 Å². The molecule has 0 spiro atoms. The summed E-state index contributed by atoms with van der Waals surface area (Å²) >= 11 is 1.38. The molecule has 1 N–H and O–H groups in total. The average molecular weight is 444 g/mol. The Hall–Kier alpha value is -3.45. The molecule has 0 aliphatic rings. The number of thioether (sulfide) groups is 1. The Morgan fingerprint density at radius 1 is 0.969 bits per heavy atom. The number of benzene rings is 2. The van der Waals surface area contributed by atoms with E-state index in [9.17, 15) is 4.79 Å².